The van der Waals surface area contributed by atoms with E-state index in [-0.39, 0.29) is 17.0 Å². The Morgan fingerprint density at radius 2 is 1.88 bits per heavy atom. The first-order valence-electron chi connectivity index (χ1n) is 8.17. The van der Waals surface area contributed by atoms with E-state index >= 15 is 0 Å². The summed E-state index contributed by atoms with van der Waals surface area (Å²) in [6.07, 6.45) is 0.465. The molecule has 8 heteroatoms. The predicted octanol–water partition coefficient (Wildman–Crippen LogP) is 3.65. The lowest BCUT2D eigenvalue weighted by molar-refractivity contribution is 0.0945. The highest BCUT2D eigenvalue weighted by atomic mass is 35.5. The van der Waals surface area contributed by atoms with Gasteiger partial charge >= 0.3 is 0 Å². The van der Waals surface area contributed by atoms with Crippen LogP contribution in [0.4, 0.5) is 0 Å². The normalized spacial score (nSPS) is 11.5. The summed E-state index contributed by atoms with van der Waals surface area (Å²) in [7, 11) is 0. The lowest BCUT2D eigenvalue weighted by Gasteiger charge is -2.10. The molecule has 0 aliphatic carbocycles. The Labute approximate surface area is 155 Å². The van der Waals surface area contributed by atoms with Crippen molar-refractivity contribution in [3.8, 4) is 11.3 Å². The molecular formula is C18H19ClN4O3. The van der Waals surface area contributed by atoms with Gasteiger partial charge in [0.15, 0.2) is 17.3 Å². The van der Waals surface area contributed by atoms with Gasteiger partial charge in [-0.3, -0.25) is 4.79 Å². The molecular weight excluding hydrogens is 356 g/mol. The second-order valence-corrected chi connectivity index (χ2v) is 7.29. The van der Waals surface area contributed by atoms with E-state index in [1.54, 1.807) is 30.3 Å². The molecule has 0 unspecified atom stereocenters. The van der Waals surface area contributed by atoms with Crippen LogP contribution in [0, 0.1) is 0 Å². The van der Waals surface area contributed by atoms with E-state index in [0.717, 1.165) is 5.56 Å². The van der Waals surface area contributed by atoms with E-state index < -0.39 is 0 Å². The highest BCUT2D eigenvalue weighted by molar-refractivity contribution is 6.30. The first-order valence-corrected chi connectivity index (χ1v) is 8.54. The number of carbonyl (C=O) groups is 1. The average molecular weight is 375 g/mol. The second kappa shape index (κ2) is 7.29. The molecule has 136 valence electrons. The van der Waals surface area contributed by atoms with Crippen LogP contribution in [0.25, 0.3) is 11.3 Å². The first kappa shape index (κ1) is 18.1. The Hall–Kier alpha value is -2.67. The van der Waals surface area contributed by atoms with Crippen molar-refractivity contribution >= 4 is 17.5 Å². The van der Waals surface area contributed by atoms with Crippen molar-refractivity contribution in [1.82, 2.24) is 20.6 Å². The minimum Gasteiger partial charge on any atom is -0.355 e. The van der Waals surface area contributed by atoms with Gasteiger partial charge in [0.25, 0.3) is 5.91 Å². The van der Waals surface area contributed by atoms with Gasteiger partial charge in [-0.1, -0.05) is 42.7 Å². The molecule has 1 aromatic carbocycles. The molecule has 3 rings (SSSR count). The van der Waals surface area contributed by atoms with Crippen molar-refractivity contribution in [2.75, 3.05) is 6.54 Å². The molecule has 3 aromatic rings. The van der Waals surface area contributed by atoms with E-state index in [2.05, 4.69) is 20.6 Å². The van der Waals surface area contributed by atoms with Crippen LogP contribution in [0.15, 0.2) is 39.4 Å². The maximum atomic E-state index is 12.2. The fourth-order valence-corrected chi connectivity index (χ4v) is 2.30. The van der Waals surface area contributed by atoms with Crippen molar-refractivity contribution in [2.24, 2.45) is 0 Å². The number of hydrogen-bond donors (Lipinski definition) is 1. The number of rotatable bonds is 5. The number of aromatic nitrogens is 3. The van der Waals surface area contributed by atoms with E-state index in [4.69, 9.17) is 20.6 Å². The maximum absolute atomic E-state index is 12.2. The van der Waals surface area contributed by atoms with E-state index in [1.165, 1.54) is 0 Å². The highest BCUT2D eigenvalue weighted by Crippen LogP contribution is 2.22. The van der Waals surface area contributed by atoms with Gasteiger partial charge in [-0.2, -0.15) is 4.98 Å². The lowest BCUT2D eigenvalue weighted by Crippen LogP contribution is -2.26. The number of halogens is 1. The zero-order chi connectivity index (χ0) is 18.7. The minimum atomic E-state index is -0.325. The molecule has 0 atom stereocenters. The Morgan fingerprint density at radius 1 is 1.15 bits per heavy atom. The van der Waals surface area contributed by atoms with Crippen molar-refractivity contribution in [2.45, 2.75) is 32.6 Å². The quantitative estimate of drug-likeness (QED) is 0.732. The van der Waals surface area contributed by atoms with Crippen molar-refractivity contribution in [3.63, 3.8) is 0 Å². The SMILES string of the molecule is CC(C)(C)c1nc(CCNC(=O)c2cc(-c3ccc(Cl)cc3)on2)no1. The number of nitrogens with zero attached hydrogens (tertiary/aromatic N) is 3. The topological polar surface area (TPSA) is 94.1 Å². The van der Waals surface area contributed by atoms with Crippen molar-refractivity contribution < 1.29 is 13.8 Å². The summed E-state index contributed by atoms with van der Waals surface area (Å²) in [5.41, 5.74) is 0.800. The third-order valence-corrected chi connectivity index (χ3v) is 3.87. The van der Waals surface area contributed by atoms with Crippen molar-refractivity contribution in [3.05, 3.63) is 52.8 Å². The Kier molecular flexibility index (Phi) is 5.08. The molecule has 0 aliphatic rings. The van der Waals surface area contributed by atoms with Crippen molar-refractivity contribution in [1.29, 1.82) is 0 Å². The maximum Gasteiger partial charge on any atom is 0.273 e. The summed E-state index contributed by atoms with van der Waals surface area (Å²) < 4.78 is 10.4. The van der Waals surface area contributed by atoms with Crippen LogP contribution < -0.4 is 5.32 Å². The Morgan fingerprint density at radius 3 is 2.54 bits per heavy atom. The zero-order valence-corrected chi connectivity index (χ0v) is 15.5. The van der Waals surface area contributed by atoms with Crippen LogP contribution in [-0.4, -0.2) is 27.7 Å². The molecule has 0 fully saturated rings. The minimum absolute atomic E-state index is 0.201. The van der Waals surface area contributed by atoms with Gasteiger partial charge in [-0.25, -0.2) is 0 Å². The van der Waals surface area contributed by atoms with Crippen LogP contribution in [0.3, 0.4) is 0 Å². The average Bonchev–Trinajstić information content (AvgIpc) is 3.24. The fourth-order valence-electron chi connectivity index (χ4n) is 2.17. The van der Waals surface area contributed by atoms with Gasteiger partial charge in [0.05, 0.1) is 0 Å². The molecule has 0 radical (unpaired) electrons. The Balaban J connectivity index is 1.56. The molecule has 26 heavy (non-hydrogen) atoms. The highest BCUT2D eigenvalue weighted by Gasteiger charge is 2.21. The van der Waals surface area contributed by atoms with Gasteiger partial charge in [-0.15, -0.1) is 0 Å². The summed E-state index contributed by atoms with van der Waals surface area (Å²) >= 11 is 5.86. The van der Waals surface area contributed by atoms with E-state index in [0.29, 0.717) is 35.5 Å². The number of hydrogen-bond acceptors (Lipinski definition) is 6. The predicted molar refractivity (Wildman–Crippen MR) is 96.0 cm³/mol. The molecule has 1 amide bonds. The molecule has 0 spiro atoms. The molecule has 2 aromatic heterocycles. The first-order chi connectivity index (χ1) is 12.3. The molecule has 0 bridgehead atoms. The number of nitrogens with one attached hydrogen (secondary N) is 1. The van der Waals surface area contributed by atoms with Gasteiger partial charge in [0.2, 0.25) is 5.89 Å². The van der Waals surface area contributed by atoms with Crippen LogP contribution in [-0.2, 0) is 11.8 Å². The van der Waals surface area contributed by atoms with Gasteiger partial charge in [-0.05, 0) is 24.3 Å². The largest absolute Gasteiger partial charge is 0.355 e. The summed E-state index contributed by atoms with van der Waals surface area (Å²) in [4.78, 5) is 16.5. The molecule has 0 aliphatic heterocycles. The molecule has 1 N–H and O–H groups in total. The summed E-state index contributed by atoms with van der Waals surface area (Å²) in [6, 6.07) is 8.68. The third-order valence-electron chi connectivity index (χ3n) is 3.62. The summed E-state index contributed by atoms with van der Waals surface area (Å²) in [5, 5.41) is 11.1. The van der Waals surface area contributed by atoms with Crippen LogP contribution in [0.5, 0.6) is 0 Å². The van der Waals surface area contributed by atoms with Crippen LogP contribution >= 0.6 is 11.6 Å². The summed E-state index contributed by atoms with van der Waals surface area (Å²) in [6.45, 7) is 6.35. The smallest absolute Gasteiger partial charge is 0.273 e. The number of benzene rings is 1. The third kappa shape index (κ3) is 4.29. The molecule has 0 saturated carbocycles. The van der Waals surface area contributed by atoms with Crippen LogP contribution in [0.2, 0.25) is 5.02 Å². The lowest BCUT2D eigenvalue weighted by atomic mass is 9.97. The monoisotopic (exact) mass is 374 g/mol. The van der Waals surface area contributed by atoms with Gasteiger partial charge < -0.3 is 14.4 Å². The Bertz CT molecular complexity index is 894. The molecule has 0 saturated heterocycles. The van der Waals surface area contributed by atoms with E-state index in [9.17, 15) is 4.79 Å². The standard InChI is InChI=1S/C18H19ClN4O3/c1-18(2,3)17-21-15(23-26-17)8-9-20-16(24)13-10-14(25-22-13)11-4-6-12(19)7-5-11/h4-7,10H,8-9H2,1-3H3,(H,20,24). The second-order valence-electron chi connectivity index (χ2n) is 6.85. The summed E-state index contributed by atoms with van der Waals surface area (Å²) in [5.74, 6) is 1.30. The molecule has 2 heterocycles. The molecule has 7 nitrogen and oxygen atoms in total. The fraction of sp³-hybridized carbons (Fsp3) is 0.333. The van der Waals surface area contributed by atoms with E-state index in [1.807, 2.05) is 20.8 Å². The van der Waals surface area contributed by atoms with Gasteiger partial charge in [0.1, 0.15) is 0 Å². The zero-order valence-electron chi connectivity index (χ0n) is 14.7. The van der Waals surface area contributed by atoms with Gasteiger partial charge in [0, 0.05) is 35.0 Å². The number of carbonyl (C=O) groups excluding carboxylic acids is 1. The number of amides is 1. The van der Waals surface area contributed by atoms with Crippen LogP contribution in [0.1, 0.15) is 43.0 Å².